The fourth-order valence-electron chi connectivity index (χ4n) is 4.66. The lowest BCUT2D eigenvalue weighted by molar-refractivity contribution is -0.145. The second-order valence-electron chi connectivity index (χ2n) is 10.5. The molecule has 0 radical (unpaired) electrons. The van der Waals surface area contributed by atoms with Crippen LogP contribution in [0.1, 0.15) is 53.9 Å². The van der Waals surface area contributed by atoms with E-state index in [0.29, 0.717) is 26.9 Å². The lowest BCUT2D eigenvalue weighted by Crippen LogP contribution is -2.28. The normalized spacial score (nSPS) is 13.8. The maximum absolute atomic E-state index is 15.3. The number of nitrogens with zero attached hydrogens (tertiary/aromatic N) is 1. The molecule has 0 bridgehead atoms. The van der Waals surface area contributed by atoms with Gasteiger partial charge in [0.1, 0.15) is 5.02 Å². The Morgan fingerprint density at radius 2 is 1.64 bits per heavy atom. The molecule has 0 saturated heterocycles. The predicted molar refractivity (Wildman–Crippen MR) is 158 cm³/mol. The molecule has 44 heavy (non-hydrogen) atoms. The maximum Gasteiger partial charge on any atom is 0.306 e. The third kappa shape index (κ3) is 6.99. The van der Waals surface area contributed by atoms with Gasteiger partial charge in [-0.25, -0.2) is 4.39 Å². The average Bonchev–Trinajstić information content (AvgIpc) is 3.60. The van der Waals surface area contributed by atoms with E-state index in [9.17, 15) is 24.3 Å². The first-order valence-electron chi connectivity index (χ1n) is 13.7. The zero-order chi connectivity index (χ0) is 32.3. The second-order valence-corrected chi connectivity index (χ2v) is 12.0. The lowest BCUT2D eigenvalue weighted by atomic mass is 10.0. The van der Waals surface area contributed by atoms with Crippen LogP contribution in [-0.2, 0) is 27.5 Å². The summed E-state index contributed by atoms with van der Waals surface area (Å²) in [6.07, 6.45) is -0.0531. The number of aromatic hydroxyl groups is 1. The first-order valence-corrected chi connectivity index (χ1v) is 14.9. The number of ether oxygens (including phenoxy) is 3. The van der Waals surface area contributed by atoms with Crippen LogP contribution in [0.4, 0.5) is 4.39 Å². The predicted octanol–water partition coefficient (Wildman–Crippen LogP) is 5.50. The van der Waals surface area contributed by atoms with E-state index in [-0.39, 0.29) is 78.5 Å². The SMILES string of the molecule is COc1c(OCCCOc2cc3cc(C(=O)C[C@H](C)C(=O)O)sc3c(Cl)c2O)cc2c(c1F)CN(C(=O)C[C@H](C)C(=O)O)C2. The maximum atomic E-state index is 15.3. The van der Waals surface area contributed by atoms with Gasteiger partial charge in [-0.1, -0.05) is 25.4 Å². The number of thiophene rings is 1. The van der Waals surface area contributed by atoms with Crippen molar-refractivity contribution in [3.05, 3.63) is 45.0 Å². The number of carboxylic acid groups (broad SMARTS) is 2. The highest BCUT2D eigenvalue weighted by molar-refractivity contribution is 7.21. The molecule has 2 aromatic carbocycles. The van der Waals surface area contributed by atoms with Crippen LogP contribution in [0.5, 0.6) is 23.0 Å². The molecule has 236 valence electrons. The van der Waals surface area contributed by atoms with E-state index in [4.69, 9.17) is 36.0 Å². The Morgan fingerprint density at radius 3 is 2.27 bits per heavy atom. The van der Waals surface area contributed by atoms with Gasteiger partial charge in [-0.15, -0.1) is 11.3 Å². The smallest absolute Gasteiger partial charge is 0.306 e. The van der Waals surface area contributed by atoms with Crippen LogP contribution in [0.25, 0.3) is 10.1 Å². The van der Waals surface area contributed by atoms with Crippen LogP contribution >= 0.6 is 22.9 Å². The van der Waals surface area contributed by atoms with Gasteiger partial charge in [0.2, 0.25) is 5.91 Å². The number of Topliss-reactive ketones (excluding diaryl/α,β-unsaturated/α-hetero) is 1. The van der Waals surface area contributed by atoms with Crippen LogP contribution in [-0.4, -0.2) is 64.2 Å². The minimum Gasteiger partial charge on any atom is -0.503 e. The first kappa shape index (κ1) is 32.8. The standard InChI is InChI=1S/C30H31ClFNO10S/c1-14(29(37)38)7-19(34)22-11-16-9-20(26(36)24(31)28(16)44-22)42-5-4-6-43-21-10-17-12-33(23(35)8-15(2)30(39)40)13-18(17)25(32)27(21)41-3/h9-11,14-15,36H,4-8,12-13H2,1-3H3,(H,37,38)(H,39,40)/t14-,15-/m0/s1. The molecule has 0 fully saturated rings. The van der Waals surface area contributed by atoms with Gasteiger partial charge < -0.3 is 34.4 Å². The van der Waals surface area contributed by atoms with Gasteiger partial charge in [-0.05, 0) is 29.1 Å². The van der Waals surface area contributed by atoms with Crippen molar-refractivity contribution in [1.29, 1.82) is 0 Å². The summed E-state index contributed by atoms with van der Waals surface area (Å²) in [5.41, 5.74) is 0.816. The largest absolute Gasteiger partial charge is 0.503 e. The lowest BCUT2D eigenvalue weighted by Gasteiger charge is -2.16. The van der Waals surface area contributed by atoms with E-state index in [1.807, 2.05) is 0 Å². The molecule has 1 aliphatic heterocycles. The molecule has 1 aromatic heterocycles. The number of phenolic OH excluding ortho intramolecular Hbond substituents is 1. The zero-order valence-corrected chi connectivity index (χ0v) is 25.7. The molecular weight excluding hydrogens is 621 g/mol. The molecule has 0 aliphatic carbocycles. The van der Waals surface area contributed by atoms with E-state index in [1.54, 1.807) is 12.1 Å². The van der Waals surface area contributed by atoms with E-state index >= 15 is 4.39 Å². The molecule has 3 N–H and O–H groups in total. The van der Waals surface area contributed by atoms with Gasteiger partial charge in [-0.3, -0.25) is 19.2 Å². The number of carboxylic acids is 2. The molecule has 0 spiro atoms. The molecule has 1 aliphatic rings. The van der Waals surface area contributed by atoms with Gasteiger partial charge in [0.15, 0.2) is 34.6 Å². The van der Waals surface area contributed by atoms with Crippen molar-refractivity contribution in [2.24, 2.45) is 11.8 Å². The van der Waals surface area contributed by atoms with E-state index in [2.05, 4.69) is 0 Å². The number of halogens is 2. The molecule has 4 rings (SSSR count). The van der Waals surface area contributed by atoms with E-state index in [1.165, 1.54) is 31.9 Å². The van der Waals surface area contributed by atoms with Crippen molar-refractivity contribution >= 4 is 56.7 Å². The summed E-state index contributed by atoms with van der Waals surface area (Å²) in [5.74, 6) is -5.46. The van der Waals surface area contributed by atoms with Crippen LogP contribution in [0, 0.1) is 17.7 Å². The Hall–Kier alpha value is -4.10. The minimum atomic E-state index is -1.09. The summed E-state index contributed by atoms with van der Waals surface area (Å²) in [6, 6.07) is 4.71. The highest BCUT2D eigenvalue weighted by Gasteiger charge is 2.31. The third-order valence-corrected chi connectivity index (χ3v) is 8.92. The van der Waals surface area contributed by atoms with Crippen molar-refractivity contribution in [1.82, 2.24) is 4.90 Å². The van der Waals surface area contributed by atoms with Crippen molar-refractivity contribution in [3.8, 4) is 23.0 Å². The fourth-order valence-corrected chi connectivity index (χ4v) is 6.00. The average molecular weight is 652 g/mol. The summed E-state index contributed by atoms with van der Waals surface area (Å²) in [5, 5.41) is 29.3. The summed E-state index contributed by atoms with van der Waals surface area (Å²) >= 11 is 7.40. The highest BCUT2D eigenvalue weighted by atomic mass is 35.5. The quantitative estimate of drug-likeness (QED) is 0.150. The van der Waals surface area contributed by atoms with Crippen molar-refractivity contribution in [2.45, 2.75) is 46.2 Å². The Kier molecular flexibility index (Phi) is 10.2. The Labute approximate surface area is 260 Å². The Morgan fingerprint density at radius 1 is 1.00 bits per heavy atom. The molecule has 14 heteroatoms. The molecule has 11 nitrogen and oxygen atoms in total. The monoisotopic (exact) mass is 651 g/mol. The number of hydrogen-bond acceptors (Lipinski definition) is 9. The summed E-state index contributed by atoms with van der Waals surface area (Å²) in [7, 11) is 1.30. The number of carbonyl (C=O) groups is 4. The van der Waals surface area contributed by atoms with Gasteiger partial charge in [0, 0.05) is 37.9 Å². The summed E-state index contributed by atoms with van der Waals surface area (Å²) in [4.78, 5) is 49.0. The van der Waals surface area contributed by atoms with Crippen molar-refractivity contribution in [3.63, 3.8) is 0 Å². The van der Waals surface area contributed by atoms with Crippen LogP contribution in [0.15, 0.2) is 18.2 Å². The number of ketones is 1. The number of hydrogen-bond donors (Lipinski definition) is 3. The summed E-state index contributed by atoms with van der Waals surface area (Å²) in [6.45, 7) is 3.16. The molecule has 3 aromatic rings. The zero-order valence-electron chi connectivity index (χ0n) is 24.1. The number of carbonyl (C=O) groups excluding carboxylic acids is 2. The van der Waals surface area contributed by atoms with E-state index < -0.39 is 35.5 Å². The number of phenols is 1. The molecule has 0 unspecified atom stereocenters. The number of benzene rings is 2. The van der Waals surface area contributed by atoms with E-state index in [0.717, 1.165) is 11.3 Å². The van der Waals surface area contributed by atoms with Gasteiger partial charge in [0.05, 0.1) is 41.7 Å². The Bertz CT molecular complexity index is 1620. The number of amides is 1. The van der Waals surface area contributed by atoms with Crippen LogP contribution in [0.3, 0.4) is 0 Å². The van der Waals surface area contributed by atoms with Gasteiger partial charge >= 0.3 is 11.9 Å². The van der Waals surface area contributed by atoms with Crippen molar-refractivity contribution in [2.75, 3.05) is 20.3 Å². The van der Waals surface area contributed by atoms with Crippen LogP contribution < -0.4 is 14.2 Å². The van der Waals surface area contributed by atoms with Crippen molar-refractivity contribution < 1.29 is 53.1 Å². The molecule has 1 amide bonds. The summed E-state index contributed by atoms with van der Waals surface area (Å²) < 4.78 is 32.4. The topological polar surface area (TPSA) is 160 Å². The fraction of sp³-hybridized carbons (Fsp3) is 0.400. The number of aliphatic carboxylic acids is 2. The van der Waals surface area contributed by atoms with Gasteiger partial charge in [0.25, 0.3) is 0 Å². The first-order chi connectivity index (χ1) is 20.8. The second kappa shape index (κ2) is 13.7. The number of methoxy groups -OCH3 is 1. The number of rotatable bonds is 14. The minimum absolute atomic E-state index is 0.00550. The molecule has 2 atom stereocenters. The molecular formula is C30H31ClFNO10S. The highest BCUT2D eigenvalue weighted by Crippen LogP contribution is 2.44. The third-order valence-electron chi connectivity index (χ3n) is 7.23. The van der Waals surface area contributed by atoms with Crippen LogP contribution in [0.2, 0.25) is 5.02 Å². The molecule has 2 heterocycles. The molecule has 0 saturated carbocycles. The Balaban J connectivity index is 1.37. The van der Waals surface area contributed by atoms with Gasteiger partial charge in [-0.2, -0.15) is 0 Å². The number of fused-ring (bicyclic) bond motifs is 2.